The molecule has 122 valence electrons. The highest BCUT2D eigenvalue weighted by Gasteiger charge is 2.35. The Morgan fingerprint density at radius 1 is 1.48 bits per heavy atom. The van der Waals surface area contributed by atoms with Gasteiger partial charge in [-0.2, -0.15) is 5.26 Å². The van der Waals surface area contributed by atoms with Crippen LogP contribution in [-0.2, 0) is 4.79 Å². The van der Waals surface area contributed by atoms with Gasteiger partial charge >= 0.3 is 0 Å². The predicted molar refractivity (Wildman–Crippen MR) is 82.4 cm³/mol. The molecule has 1 amide bonds. The third-order valence-corrected chi connectivity index (χ3v) is 3.86. The van der Waals surface area contributed by atoms with Crippen LogP contribution in [0.25, 0.3) is 0 Å². The Kier molecular flexibility index (Phi) is 5.32. The molecule has 0 atom stereocenters. The third-order valence-electron chi connectivity index (χ3n) is 3.86. The number of amides is 1. The molecule has 0 spiro atoms. The van der Waals surface area contributed by atoms with E-state index in [1.165, 1.54) is 6.07 Å². The number of nitrogens with zero attached hydrogens (tertiary/aromatic N) is 1. The summed E-state index contributed by atoms with van der Waals surface area (Å²) in [5.74, 6) is -2.47. The van der Waals surface area contributed by atoms with Crippen molar-refractivity contribution in [2.24, 2.45) is 5.92 Å². The minimum absolute atomic E-state index is 0.0707. The average Bonchev–Trinajstić information content (AvgIpc) is 2.54. The van der Waals surface area contributed by atoms with Crippen molar-refractivity contribution in [3.05, 3.63) is 36.4 Å². The fourth-order valence-corrected chi connectivity index (χ4v) is 2.49. The topological polar surface area (TPSA) is 62.1 Å². The summed E-state index contributed by atoms with van der Waals surface area (Å²) >= 11 is 0. The largest absolute Gasteiger partial charge is 0.492 e. The van der Waals surface area contributed by atoms with E-state index in [-0.39, 0.29) is 30.2 Å². The number of alkyl halides is 2. The molecule has 1 aromatic rings. The number of anilines is 1. The van der Waals surface area contributed by atoms with Crippen LogP contribution >= 0.6 is 0 Å². The number of rotatable bonds is 5. The molecule has 0 bridgehead atoms. The Labute approximate surface area is 133 Å². The van der Waals surface area contributed by atoms with Gasteiger partial charge in [-0.1, -0.05) is 6.58 Å². The van der Waals surface area contributed by atoms with Crippen molar-refractivity contribution in [3.8, 4) is 11.8 Å². The van der Waals surface area contributed by atoms with E-state index in [4.69, 9.17) is 4.74 Å². The molecule has 1 fully saturated rings. The van der Waals surface area contributed by atoms with Gasteiger partial charge < -0.3 is 10.1 Å². The van der Waals surface area contributed by atoms with E-state index < -0.39 is 5.92 Å². The lowest BCUT2D eigenvalue weighted by atomic mass is 9.87. The summed E-state index contributed by atoms with van der Waals surface area (Å²) < 4.78 is 31.8. The number of benzene rings is 1. The van der Waals surface area contributed by atoms with Crippen molar-refractivity contribution in [2.75, 3.05) is 11.9 Å². The molecule has 0 saturated heterocycles. The van der Waals surface area contributed by atoms with Gasteiger partial charge in [-0.05, 0) is 43.0 Å². The summed E-state index contributed by atoms with van der Waals surface area (Å²) in [7, 11) is 0. The number of hydrogen-bond acceptors (Lipinski definition) is 3. The van der Waals surface area contributed by atoms with Crippen molar-refractivity contribution in [1.29, 1.82) is 5.26 Å². The number of ether oxygens (including phenoxy) is 1. The molecule has 4 nitrogen and oxygen atoms in total. The first-order valence-electron chi connectivity index (χ1n) is 7.42. The quantitative estimate of drug-likeness (QED) is 0.837. The minimum Gasteiger partial charge on any atom is -0.492 e. The number of halogens is 2. The van der Waals surface area contributed by atoms with Gasteiger partial charge in [0.25, 0.3) is 0 Å². The Balaban J connectivity index is 1.96. The highest BCUT2D eigenvalue weighted by atomic mass is 19.3. The van der Waals surface area contributed by atoms with E-state index in [9.17, 15) is 18.8 Å². The molecule has 6 heteroatoms. The van der Waals surface area contributed by atoms with E-state index in [0.29, 0.717) is 30.9 Å². The van der Waals surface area contributed by atoms with E-state index in [1.54, 1.807) is 12.1 Å². The molecule has 1 aliphatic rings. The zero-order chi connectivity index (χ0) is 16.9. The normalized spacial score (nSPS) is 17.1. The molecule has 0 aliphatic heterocycles. The summed E-state index contributed by atoms with van der Waals surface area (Å²) in [5.41, 5.74) is 0.754. The van der Waals surface area contributed by atoms with E-state index in [2.05, 4.69) is 11.9 Å². The van der Waals surface area contributed by atoms with Crippen LogP contribution in [0.3, 0.4) is 0 Å². The fraction of sp³-hybridized carbons (Fsp3) is 0.412. The SMILES string of the molecule is C=CC(=O)Nc1ccc(OCC2CCC(F)(F)CC2)c(C#N)c1. The maximum Gasteiger partial charge on any atom is 0.248 e. The van der Waals surface area contributed by atoms with Gasteiger partial charge in [-0.15, -0.1) is 0 Å². The molecule has 2 rings (SSSR count). The Hall–Kier alpha value is -2.42. The fourth-order valence-electron chi connectivity index (χ4n) is 2.49. The zero-order valence-corrected chi connectivity index (χ0v) is 12.6. The first-order chi connectivity index (χ1) is 10.9. The molecule has 1 aromatic carbocycles. The lowest BCUT2D eigenvalue weighted by Crippen LogP contribution is -2.27. The van der Waals surface area contributed by atoms with Crippen molar-refractivity contribution in [2.45, 2.75) is 31.6 Å². The van der Waals surface area contributed by atoms with Gasteiger partial charge in [-0.25, -0.2) is 8.78 Å². The van der Waals surface area contributed by atoms with Crippen molar-refractivity contribution < 1.29 is 18.3 Å². The van der Waals surface area contributed by atoms with Gasteiger partial charge in [0.1, 0.15) is 11.8 Å². The summed E-state index contributed by atoms with van der Waals surface area (Å²) in [6, 6.07) is 6.72. The maximum atomic E-state index is 13.1. The van der Waals surface area contributed by atoms with E-state index in [0.717, 1.165) is 6.08 Å². The van der Waals surface area contributed by atoms with E-state index >= 15 is 0 Å². The molecular formula is C17H18F2N2O2. The number of carbonyl (C=O) groups excluding carboxylic acids is 1. The van der Waals surface area contributed by atoms with Crippen molar-refractivity contribution in [3.63, 3.8) is 0 Å². The molecule has 1 N–H and O–H groups in total. The van der Waals surface area contributed by atoms with Crippen LogP contribution in [0, 0.1) is 17.2 Å². The Morgan fingerprint density at radius 3 is 2.78 bits per heavy atom. The molecule has 0 unspecified atom stereocenters. The van der Waals surface area contributed by atoms with Crippen LogP contribution in [0.2, 0.25) is 0 Å². The first-order valence-corrected chi connectivity index (χ1v) is 7.42. The van der Waals surface area contributed by atoms with E-state index in [1.807, 2.05) is 6.07 Å². The summed E-state index contributed by atoms with van der Waals surface area (Å²) in [6.45, 7) is 3.66. The van der Waals surface area contributed by atoms with Crippen LogP contribution < -0.4 is 10.1 Å². The molecule has 23 heavy (non-hydrogen) atoms. The maximum absolute atomic E-state index is 13.1. The number of carbonyl (C=O) groups is 1. The van der Waals surface area contributed by atoms with Crippen LogP contribution in [0.15, 0.2) is 30.9 Å². The van der Waals surface area contributed by atoms with Gasteiger partial charge in [0, 0.05) is 18.5 Å². The second-order valence-electron chi connectivity index (χ2n) is 5.63. The highest BCUT2D eigenvalue weighted by molar-refractivity contribution is 5.99. The number of hydrogen-bond donors (Lipinski definition) is 1. The van der Waals surface area contributed by atoms with Gasteiger partial charge in [0.05, 0.1) is 12.2 Å². The van der Waals surface area contributed by atoms with Crippen LogP contribution in [0.5, 0.6) is 5.75 Å². The summed E-state index contributed by atoms with van der Waals surface area (Å²) in [6.07, 6.45) is 1.75. The third kappa shape index (κ3) is 4.78. The smallest absolute Gasteiger partial charge is 0.248 e. The average molecular weight is 320 g/mol. The molecule has 0 aromatic heterocycles. The lowest BCUT2D eigenvalue weighted by Gasteiger charge is -2.28. The van der Waals surface area contributed by atoms with Gasteiger partial charge in [0.15, 0.2) is 0 Å². The molecule has 0 radical (unpaired) electrons. The lowest BCUT2D eigenvalue weighted by molar-refractivity contribution is -0.111. The van der Waals surface area contributed by atoms with Gasteiger partial charge in [-0.3, -0.25) is 4.79 Å². The minimum atomic E-state index is -2.56. The predicted octanol–water partition coefficient (Wildman–Crippen LogP) is 3.89. The summed E-state index contributed by atoms with van der Waals surface area (Å²) in [4.78, 5) is 11.2. The number of nitrogens with one attached hydrogen (secondary N) is 1. The molecule has 1 saturated carbocycles. The molecular weight excluding hydrogens is 302 g/mol. The van der Waals surface area contributed by atoms with Crippen LogP contribution in [0.1, 0.15) is 31.2 Å². The monoisotopic (exact) mass is 320 g/mol. The standard InChI is InChI=1S/C17H18F2N2O2/c1-2-16(22)21-14-3-4-15(13(9-14)10-20)23-11-12-5-7-17(18,19)8-6-12/h2-4,9,12H,1,5-8,11H2,(H,21,22). The van der Waals surface area contributed by atoms with Crippen LogP contribution in [0.4, 0.5) is 14.5 Å². The highest BCUT2D eigenvalue weighted by Crippen LogP contribution is 2.36. The van der Waals surface area contributed by atoms with Crippen molar-refractivity contribution in [1.82, 2.24) is 0 Å². The van der Waals surface area contributed by atoms with Crippen LogP contribution in [-0.4, -0.2) is 18.4 Å². The Bertz CT molecular complexity index is 628. The summed E-state index contributed by atoms with van der Waals surface area (Å²) in [5, 5.41) is 11.7. The molecule has 0 heterocycles. The van der Waals surface area contributed by atoms with Gasteiger partial charge in [0.2, 0.25) is 11.8 Å². The Morgan fingerprint density at radius 2 is 2.17 bits per heavy atom. The second kappa shape index (κ2) is 7.23. The zero-order valence-electron chi connectivity index (χ0n) is 12.6. The first kappa shape index (κ1) is 16.9. The second-order valence-corrected chi connectivity index (χ2v) is 5.63. The number of nitriles is 1. The van der Waals surface area contributed by atoms with Crippen molar-refractivity contribution >= 4 is 11.6 Å². The molecule has 1 aliphatic carbocycles.